The number of hydrogen-bond donors (Lipinski definition) is 1. The third kappa shape index (κ3) is 3.89. The minimum atomic E-state index is -0.0294. The van der Waals surface area contributed by atoms with Gasteiger partial charge in [0.2, 0.25) is 5.91 Å². The van der Waals surface area contributed by atoms with E-state index in [0.29, 0.717) is 18.5 Å². The molecular weight excluding hydrogens is 334 g/mol. The summed E-state index contributed by atoms with van der Waals surface area (Å²) in [6.45, 7) is 6.02. The van der Waals surface area contributed by atoms with Crippen LogP contribution in [0.15, 0.2) is 42.5 Å². The Labute approximate surface area is 161 Å². The number of nitriles is 1. The van der Waals surface area contributed by atoms with Crippen molar-refractivity contribution in [1.82, 2.24) is 4.90 Å². The summed E-state index contributed by atoms with van der Waals surface area (Å²) >= 11 is 0. The maximum atomic E-state index is 12.9. The Morgan fingerprint density at radius 1 is 1.15 bits per heavy atom. The van der Waals surface area contributed by atoms with Gasteiger partial charge in [-0.25, -0.2) is 0 Å². The van der Waals surface area contributed by atoms with Gasteiger partial charge in [0, 0.05) is 25.0 Å². The first-order valence-corrected chi connectivity index (χ1v) is 9.53. The minimum Gasteiger partial charge on any atom is -0.342 e. The molecule has 3 rings (SSSR count). The lowest BCUT2D eigenvalue weighted by Gasteiger charge is -2.41. The molecule has 0 atom stereocenters. The molecule has 0 unspecified atom stereocenters. The van der Waals surface area contributed by atoms with Crippen LogP contribution in [0.25, 0.3) is 0 Å². The summed E-state index contributed by atoms with van der Waals surface area (Å²) in [4.78, 5) is 14.9. The molecule has 2 aromatic rings. The molecule has 1 saturated heterocycles. The molecule has 2 N–H and O–H groups in total. The second-order valence-corrected chi connectivity index (χ2v) is 7.61. The van der Waals surface area contributed by atoms with E-state index in [9.17, 15) is 4.79 Å². The molecule has 27 heavy (non-hydrogen) atoms. The molecule has 1 heterocycles. The maximum absolute atomic E-state index is 12.9. The first-order chi connectivity index (χ1) is 13.0. The molecule has 0 aliphatic carbocycles. The summed E-state index contributed by atoms with van der Waals surface area (Å²) in [5.74, 6) is 0.157. The van der Waals surface area contributed by atoms with Gasteiger partial charge in [-0.05, 0) is 61.1 Å². The van der Waals surface area contributed by atoms with Crippen molar-refractivity contribution in [2.75, 3.05) is 19.6 Å². The van der Waals surface area contributed by atoms with Crippen molar-refractivity contribution in [2.45, 2.75) is 38.5 Å². The number of rotatable bonds is 4. The highest BCUT2D eigenvalue weighted by Crippen LogP contribution is 2.34. The first-order valence-electron chi connectivity index (χ1n) is 9.53. The summed E-state index contributed by atoms with van der Waals surface area (Å²) in [5.41, 5.74) is 11.1. The van der Waals surface area contributed by atoms with Gasteiger partial charge in [-0.1, -0.05) is 30.3 Å². The largest absolute Gasteiger partial charge is 0.342 e. The molecule has 0 spiro atoms. The van der Waals surface area contributed by atoms with Gasteiger partial charge < -0.3 is 10.6 Å². The molecule has 1 fully saturated rings. The molecule has 1 amide bonds. The molecule has 1 aliphatic rings. The monoisotopic (exact) mass is 361 g/mol. The van der Waals surface area contributed by atoms with E-state index in [1.807, 2.05) is 36.9 Å². The zero-order chi connectivity index (χ0) is 19.4. The highest BCUT2D eigenvalue weighted by Gasteiger charge is 2.36. The van der Waals surface area contributed by atoms with E-state index in [1.54, 1.807) is 0 Å². The van der Waals surface area contributed by atoms with E-state index in [0.717, 1.165) is 42.6 Å². The normalized spacial score (nSPS) is 16.0. The van der Waals surface area contributed by atoms with Gasteiger partial charge in [-0.15, -0.1) is 0 Å². The van der Waals surface area contributed by atoms with Crippen LogP contribution in [0.3, 0.4) is 0 Å². The van der Waals surface area contributed by atoms with Crippen LogP contribution < -0.4 is 5.73 Å². The van der Waals surface area contributed by atoms with Crippen LogP contribution in [-0.4, -0.2) is 30.4 Å². The summed E-state index contributed by atoms with van der Waals surface area (Å²) < 4.78 is 0. The molecular formula is C23H27N3O. The summed E-state index contributed by atoms with van der Waals surface area (Å²) in [6.07, 6.45) is 2.18. The second kappa shape index (κ2) is 7.94. The summed E-state index contributed by atoms with van der Waals surface area (Å²) in [6, 6.07) is 16.3. The topological polar surface area (TPSA) is 70.1 Å². The summed E-state index contributed by atoms with van der Waals surface area (Å²) in [5, 5.41) is 9.09. The zero-order valence-electron chi connectivity index (χ0n) is 16.2. The van der Waals surface area contributed by atoms with Crippen LogP contribution in [0.2, 0.25) is 0 Å². The third-order valence-electron chi connectivity index (χ3n) is 6.00. The molecule has 0 radical (unpaired) electrons. The van der Waals surface area contributed by atoms with Crippen molar-refractivity contribution in [3.05, 3.63) is 70.3 Å². The van der Waals surface area contributed by atoms with E-state index < -0.39 is 0 Å². The lowest BCUT2D eigenvalue weighted by atomic mass is 9.73. The molecule has 4 nitrogen and oxygen atoms in total. The van der Waals surface area contributed by atoms with E-state index in [2.05, 4.69) is 30.3 Å². The molecule has 0 bridgehead atoms. The van der Waals surface area contributed by atoms with E-state index >= 15 is 0 Å². The Morgan fingerprint density at radius 3 is 2.26 bits per heavy atom. The van der Waals surface area contributed by atoms with Crippen molar-refractivity contribution >= 4 is 5.91 Å². The number of nitrogens with two attached hydrogens (primary N) is 1. The predicted molar refractivity (Wildman–Crippen MR) is 107 cm³/mol. The van der Waals surface area contributed by atoms with E-state index in [1.165, 1.54) is 5.56 Å². The van der Waals surface area contributed by atoms with Crippen molar-refractivity contribution in [3.63, 3.8) is 0 Å². The average molecular weight is 361 g/mol. The maximum Gasteiger partial charge on any atom is 0.227 e. The third-order valence-corrected chi connectivity index (χ3v) is 6.00. The fourth-order valence-corrected chi connectivity index (χ4v) is 4.19. The van der Waals surface area contributed by atoms with Crippen LogP contribution in [0, 0.1) is 25.2 Å². The minimum absolute atomic E-state index is 0.0294. The first kappa shape index (κ1) is 19.1. The van der Waals surface area contributed by atoms with Gasteiger partial charge in [-0.3, -0.25) is 4.79 Å². The Morgan fingerprint density at radius 2 is 1.74 bits per heavy atom. The van der Waals surface area contributed by atoms with Gasteiger partial charge in [-0.2, -0.15) is 5.26 Å². The van der Waals surface area contributed by atoms with Crippen LogP contribution in [-0.2, 0) is 16.6 Å². The quantitative estimate of drug-likeness (QED) is 0.909. The van der Waals surface area contributed by atoms with Crippen LogP contribution in [0.5, 0.6) is 0 Å². The molecule has 1 aliphatic heterocycles. The molecule has 0 saturated carbocycles. The molecule has 4 heteroatoms. The smallest absolute Gasteiger partial charge is 0.227 e. The van der Waals surface area contributed by atoms with Crippen molar-refractivity contribution in [2.24, 2.45) is 5.73 Å². The fraction of sp³-hybridized carbons (Fsp3) is 0.391. The number of aryl methyl sites for hydroxylation is 2. The fourth-order valence-electron chi connectivity index (χ4n) is 4.19. The lowest BCUT2D eigenvalue weighted by Crippen LogP contribution is -2.49. The van der Waals surface area contributed by atoms with Gasteiger partial charge in [0.05, 0.1) is 18.1 Å². The van der Waals surface area contributed by atoms with Crippen LogP contribution in [0.1, 0.15) is 40.7 Å². The van der Waals surface area contributed by atoms with Gasteiger partial charge >= 0.3 is 0 Å². The highest BCUT2D eigenvalue weighted by atomic mass is 16.2. The van der Waals surface area contributed by atoms with E-state index in [-0.39, 0.29) is 11.3 Å². The Balaban J connectivity index is 1.70. The number of amides is 1. The van der Waals surface area contributed by atoms with Gasteiger partial charge in [0.15, 0.2) is 0 Å². The molecule has 2 aromatic carbocycles. The van der Waals surface area contributed by atoms with Crippen molar-refractivity contribution in [1.29, 1.82) is 5.26 Å². The standard InChI is InChI=1S/C23H27N3O/c1-17-12-19(15-24)13-18(2)21(17)14-22(27)26-10-8-23(16-25,9-11-26)20-6-4-3-5-7-20/h3-7,12-13H,8-11,14,16,25H2,1-2H3. The Bertz CT molecular complexity index is 836. The lowest BCUT2D eigenvalue weighted by molar-refractivity contribution is -0.132. The number of likely N-dealkylation sites (tertiary alicyclic amines) is 1. The van der Waals surface area contributed by atoms with Gasteiger partial charge in [0.25, 0.3) is 0 Å². The van der Waals surface area contributed by atoms with E-state index in [4.69, 9.17) is 11.0 Å². The van der Waals surface area contributed by atoms with Crippen LogP contribution in [0.4, 0.5) is 0 Å². The average Bonchev–Trinajstić information content (AvgIpc) is 2.71. The number of carbonyl (C=O) groups excluding carboxylic acids is 1. The highest BCUT2D eigenvalue weighted by molar-refractivity contribution is 5.80. The zero-order valence-corrected chi connectivity index (χ0v) is 16.2. The number of piperidine rings is 1. The van der Waals surface area contributed by atoms with Crippen LogP contribution >= 0.6 is 0 Å². The molecule has 140 valence electrons. The number of benzene rings is 2. The Kier molecular flexibility index (Phi) is 5.62. The number of hydrogen-bond acceptors (Lipinski definition) is 3. The van der Waals surface area contributed by atoms with Gasteiger partial charge in [0.1, 0.15) is 0 Å². The predicted octanol–water partition coefficient (Wildman–Crippen LogP) is 3.24. The Hall–Kier alpha value is -2.64. The SMILES string of the molecule is Cc1cc(C#N)cc(C)c1CC(=O)N1CCC(CN)(c2ccccc2)CC1. The summed E-state index contributed by atoms with van der Waals surface area (Å²) in [7, 11) is 0. The second-order valence-electron chi connectivity index (χ2n) is 7.61. The van der Waals surface area contributed by atoms with Crippen molar-refractivity contribution in [3.8, 4) is 6.07 Å². The number of carbonyl (C=O) groups is 1. The van der Waals surface area contributed by atoms with Crippen molar-refractivity contribution < 1.29 is 4.79 Å². The number of nitrogens with zero attached hydrogens (tertiary/aromatic N) is 2. The molecule has 0 aromatic heterocycles.